The molecule has 1 saturated heterocycles. The molecule has 1 heterocycles. The highest BCUT2D eigenvalue weighted by molar-refractivity contribution is 5.04. The Bertz CT molecular complexity index is 313. The molecule has 0 bridgehead atoms. The number of morpholine rings is 1. The summed E-state index contributed by atoms with van der Waals surface area (Å²) in [5.41, 5.74) is -0.149. The van der Waals surface area contributed by atoms with E-state index >= 15 is 0 Å². The van der Waals surface area contributed by atoms with E-state index in [1.807, 2.05) is 0 Å². The molecule has 3 aliphatic rings. The lowest BCUT2D eigenvalue weighted by Gasteiger charge is -2.48. The van der Waals surface area contributed by atoms with Gasteiger partial charge in [-0.05, 0) is 38.0 Å². The van der Waals surface area contributed by atoms with Crippen molar-refractivity contribution in [2.45, 2.75) is 63.0 Å². The zero-order chi connectivity index (χ0) is 12.8. The molecule has 0 amide bonds. The normalized spacial score (nSPS) is 47.2. The molecule has 2 unspecified atom stereocenters. The minimum Gasteiger partial charge on any atom is -0.372 e. The molecule has 0 aromatic carbocycles. The van der Waals surface area contributed by atoms with Gasteiger partial charge in [0.15, 0.2) is 0 Å². The van der Waals surface area contributed by atoms with Crippen LogP contribution in [0.15, 0.2) is 0 Å². The average Bonchev–Trinajstić information content (AvgIpc) is 2.94. The molecule has 2 aliphatic carbocycles. The summed E-state index contributed by atoms with van der Waals surface area (Å²) in [6.45, 7) is 3.80. The molecule has 3 rings (SSSR count). The first kappa shape index (κ1) is 12.8. The molecule has 104 valence electrons. The van der Waals surface area contributed by atoms with Crippen LogP contribution in [-0.4, -0.2) is 30.7 Å². The second-order valence-corrected chi connectivity index (χ2v) is 6.50. The summed E-state index contributed by atoms with van der Waals surface area (Å²) in [6, 6.07) is 0.136. The number of ether oxygens (including phenoxy) is 1. The Labute approximate surface area is 107 Å². The van der Waals surface area contributed by atoms with E-state index in [1.165, 1.54) is 12.8 Å². The molecular formula is C14H23F2NO. The van der Waals surface area contributed by atoms with Gasteiger partial charge in [-0.3, -0.25) is 0 Å². The summed E-state index contributed by atoms with van der Waals surface area (Å²) in [5.74, 6) is -2.06. The minimum atomic E-state index is -2.40. The lowest BCUT2D eigenvalue weighted by Crippen LogP contribution is -2.59. The van der Waals surface area contributed by atoms with Crippen LogP contribution < -0.4 is 5.32 Å². The van der Waals surface area contributed by atoms with E-state index < -0.39 is 11.8 Å². The van der Waals surface area contributed by atoms with Crippen LogP contribution >= 0.6 is 0 Å². The maximum absolute atomic E-state index is 13.1. The fourth-order valence-corrected chi connectivity index (χ4v) is 3.63. The van der Waals surface area contributed by atoms with Crippen molar-refractivity contribution in [3.8, 4) is 0 Å². The number of hydrogen-bond acceptors (Lipinski definition) is 2. The third kappa shape index (κ3) is 2.29. The van der Waals surface area contributed by atoms with Crippen molar-refractivity contribution in [1.82, 2.24) is 5.32 Å². The SMILES string of the molecule is CC1CCC2(CC1)OCCNC2CC1CC1(F)F. The molecule has 2 saturated carbocycles. The Balaban J connectivity index is 1.66. The maximum atomic E-state index is 13.1. The predicted molar refractivity (Wildman–Crippen MR) is 65.8 cm³/mol. The molecule has 1 aliphatic heterocycles. The molecule has 1 N–H and O–H groups in total. The van der Waals surface area contributed by atoms with E-state index in [0.29, 0.717) is 6.42 Å². The number of rotatable bonds is 2. The van der Waals surface area contributed by atoms with E-state index in [4.69, 9.17) is 4.74 Å². The number of halogens is 2. The summed E-state index contributed by atoms with van der Waals surface area (Å²) in [5, 5.41) is 3.45. The van der Waals surface area contributed by atoms with Crippen LogP contribution in [0.1, 0.15) is 45.4 Å². The van der Waals surface area contributed by atoms with Crippen molar-refractivity contribution in [2.24, 2.45) is 11.8 Å². The quantitative estimate of drug-likeness (QED) is 0.823. The number of alkyl halides is 2. The molecule has 0 radical (unpaired) electrons. The van der Waals surface area contributed by atoms with Crippen molar-refractivity contribution >= 4 is 0 Å². The number of nitrogens with one attached hydrogen (secondary N) is 1. The number of hydrogen-bond donors (Lipinski definition) is 1. The topological polar surface area (TPSA) is 21.3 Å². The predicted octanol–water partition coefficient (Wildman–Crippen LogP) is 2.97. The van der Waals surface area contributed by atoms with E-state index in [-0.39, 0.29) is 18.1 Å². The van der Waals surface area contributed by atoms with E-state index in [2.05, 4.69) is 12.2 Å². The van der Waals surface area contributed by atoms with E-state index in [1.54, 1.807) is 0 Å². The van der Waals surface area contributed by atoms with Gasteiger partial charge in [-0.2, -0.15) is 0 Å². The molecule has 2 nitrogen and oxygen atoms in total. The monoisotopic (exact) mass is 259 g/mol. The summed E-state index contributed by atoms with van der Waals surface area (Å²) >= 11 is 0. The standard InChI is InChI=1S/C14H23F2NO/c1-10-2-4-13(5-3-10)12(17-6-7-18-13)8-11-9-14(11,15)16/h10-12,17H,2-9H2,1H3. The van der Waals surface area contributed by atoms with Gasteiger partial charge < -0.3 is 10.1 Å². The van der Waals surface area contributed by atoms with Gasteiger partial charge in [0.25, 0.3) is 5.92 Å². The summed E-state index contributed by atoms with van der Waals surface area (Å²) in [6.07, 6.45) is 5.06. The van der Waals surface area contributed by atoms with Crippen molar-refractivity contribution in [1.29, 1.82) is 0 Å². The van der Waals surface area contributed by atoms with Gasteiger partial charge in [-0.25, -0.2) is 8.78 Å². The first-order valence-electron chi connectivity index (χ1n) is 7.27. The lowest BCUT2D eigenvalue weighted by atomic mass is 9.73. The fraction of sp³-hybridized carbons (Fsp3) is 1.00. The van der Waals surface area contributed by atoms with E-state index in [0.717, 1.165) is 31.9 Å². The molecule has 1 spiro atoms. The largest absolute Gasteiger partial charge is 0.372 e. The Morgan fingerprint density at radius 1 is 1.28 bits per heavy atom. The summed E-state index contributed by atoms with van der Waals surface area (Å²) < 4.78 is 32.3. The molecule has 4 heteroatoms. The fourth-order valence-electron chi connectivity index (χ4n) is 3.63. The van der Waals surface area contributed by atoms with Crippen molar-refractivity contribution in [3.05, 3.63) is 0 Å². The zero-order valence-corrected chi connectivity index (χ0v) is 11.1. The molecule has 0 aromatic heterocycles. The third-order valence-electron chi connectivity index (χ3n) is 5.11. The molecule has 18 heavy (non-hydrogen) atoms. The highest BCUT2D eigenvalue weighted by Crippen LogP contribution is 2.53. The smallest absolute Gasteiger partial charge is 0.251 e. The molecule has 3 fully saturated rings. The van der Waals surface area contributed by atoms with Crippen LogP contribution in [-0.2, 0) is 4.74 Å². The Hall–Kier alpha value is -0.220. The Morgan fingerprint density at radius 2 is 1.94 bits per heavy atom. The highest BCUT2D eigenvalue weighted by Gasteiger charge is 2.59. The van der Waals surface area contributed by atoms with Crippen LogP contribution in [0.4, 0.5) is 8.78 Å². The Kier molecular flexibility index (Phi) is 3.14. The van der Waals surface area contributed by atoms with Crippen LogP contribution in [0.25, 0.3) is 0 Å². The second kappa shape index (κ2) is 4.41. The van der Waals surface area contributed by atoms with Gasteiger partial charge in [0.2, 0.25) is 0 Å². The van der Waals surface area contributed by atoms with Crippen LogP contribution in [0.5, 0.6) is 0 Å². The van der Waals surface area contributed by atoms with Gasteiger partial charge in [-0.15, -0.1) is 0 Å². The molecular weight excluding hydrogens is 236 g/mol. The molecule has 2 atom stereocenters. The van der Waals surface area contributed by atoms with Crippen LogP contribution in [0, 0.1) is 11.8 Å². The van der Waals surface area contributed by atoms with Crippen molar-refractivity contribution < 1.29 is 13.5 Å². The summed E-state index contributed by atoms with van der Waals surface area (Å²) in [4.78, 5) is 0. The first-order chi connectivity index (χ1) is 8.52. The van der Waals surface area contributed by atoms with Crippen molar-refractivity contribution in [3.63, 3.8) is 0 Å². The summed E-state index contributed by atoms with van der Waals surface area (Å²) in [7, 11) is 0. The van der Waals surface area contributed by atoms with Gasteiger partial charge in [0.1, 0.15) is 0 Å². The van der Waals surface area contributed by atoms with Gasteiger partial charge in [0, 0.05) is 24.9 Å². The maximum Gasteiger partial charge on any atom is 0.251 e. The van der Waals surface area contributed by atoms with Gasteiger partial charge in [0.05, 0.1) is 12.2 Å². The van der Waals surface area contributed by atoms with E-state index in [9.17, 15) is 8.78 Å². The second-order valence-electron chi connectivity index (χ2n) is 6.50. The third-order valence-corrected chi connectivity index (χ3v) is 5.11. The van der Waals surface area contributed by atoms with Gasteiger partial charge >= 0.3 is 0 Å². The van der Waals surface area contributed by atoms with Crippen molar-refractivity contribution in [2.75, 3.05) is 13.2 Å². The van der Waals surface area contributed by atoms with Crippen LogP contribution in [0.2, 0.25) is 0 Å². The average molecular weight is 259 g/mol. The minimum absolute atomic E-state index is 0.0810. The lowest BCUT2D eigenvalue weighted by molar-refractivity contribution is -0.126. The highest BCUT2D eigenvalue weighted by atomic mass is 19.3. The van der Waals surface area contributed by atoms with Gasteiger partial charge in [-0.1, -0.05) is 6.92 Å². The molecule has 0 aromatic rings. The van der Waals surface area contributed by atoms with Crippen LogP contribution in [0.3, 0.4) is 0 Å². The zero-order valence-electron chi connectivity index (χ0n) is 11.1. The Morgan fingerprint density at radius 3 is 2.56 bits per heavy atom. The first-order valence-corrected chi connectivity index (χ1v) is 7.27.